The highest BCUT2D eigenvalue weighted by Gasteiger charge is 2.32. The van der Waals surface area contributed by atoms with Crippen LogP contribution in [0.15, 0.2) is 29.2 Å². The molecule has 27 heavy (non-hydrogen) atoms. The maximum atomic E-state index is 12.8. The third-order valence-electron chi connectivity index (χ3n) is 3.77. The van der Waals surface area contributed by atoms with Crippen molar-refractivity contribution in [3.8, 4) is 0 Å². The summed E-state index contributed by atoms with van der Waals surface area (Å²) >= 11 is 5.52. The minimum absolute atomic E-state index is 0.126. The molecule has 0 radical (unpaired) electrons. The number of nitro benzene ring substituents is 1. The molecule has 7 nitrogen and oxygen atoms in total. The molecule has 1 heterocycles. The van der Waals surface area contributed by atoms with E-state index in [1.165, 1.54) is 12.1 Å². The first-order valence-electron chi connectivity index (χ1n) is 7.43. The molecule has 1 aromatic carbocycles. The highest BCUT2D eigenvalue weighted by molar-refractivity contribution is 6.30. The average molecular weight is 404 g/mol. The molecule has 2 aromatic rings. The molecule has 0 fully saturated rings. The molecule has 0 aliphatic rings. The van der Waals surface area contributed by atoms with E-state index in [4.69, 9.17) is 11.6 Å². The van der Waals surface area contributed by atoms with Crippen LogP contribution in [0.4, 0.5) is 24.5 Å². The standard InChI is InChI=1S/C16H13ClF3N3O4/c1-8-3-12(13(23(26)27)4-9(8)2)21-14(24)7-22-6-10(16(18,19)20)5-11(17)15(22)25/h3-6H,7H2,1-2H3,(H,21,24). The number of halogens is 4. The maximum Gasteiger partial charge on any atom is 0.417 e. The van der Waals surface area contributed by atoms with Gasteiger partial charge in [0.1, 0.15) is 17.3 Å². The van der Waals surface area contributed by atoms with E-state index < -0.39 is 39.7 Å². The first kappa shape index (κ1) is 20.4. The third kappa shape index (κ3) is 4.64. The second-order valence-electron chi connectivity index (χ2n) is 5.77. The van der Waals surface area contributed by atoms with E-state index in [1.807, 2.05) is 0 Å². The largest absolute Gasteiger partial charge is 0.417 e. The Morgan fingerprint density at radius 3 is 2.41 bits per heavy atom. The number of anilines is 1. The summed E-state index contributed by atoms with van der Waals surface area (Å²) < 4.78 is 39.0. The lowest BCUT2D eigenvalue weighted by atomic mass is 10.1. The summed E-state index contributed by atoms with van der Waals surface area (Å²) in [5.74, 6) is -0.918. The molecule has 0 atom stereocenters. The topological polar surface area (TPSA) is 94.2 Å². The first-order chi connectivity index (χ1) is 12.4. The van der Waals surface area contributed by atoms with Crippen molar-refractivity contribution in [1.82, 2.24) is 4.57 Å². The van der Waals surface area contributed by atoms with Crippen molar-refractivity contribution in [3.63, 3.8) is 0 Å². The van der Waals surface area contributed by atoms with Crippen LogP contribution in [0.3, 0.4) is 0 Å². The van der Waals surface area contributed by atoms with E-state index in [9.17, 15) is 32.9 Å². The van der Waals surface area contributed by atoms with Crippen molar-refractivity contribution in [2.75, 3.05) is 5.32 Å². The van der Waals surface area contributed by atoms with Gasteiger partial charge in [-0.1, -0.05) is 11.6 Å². The Balaban J connectivity index is 2.35. The van der Waals surface area contributed by atoms with E-state index in [-0.39, 0.29) is 11.4 Å². The number of benzene rings is 1. The zero-order chi connectivity index (χ0) is 20.5. The molecule has 0 spiro atoms. The Hall–Kier alpha value is -2.88. The first-order valence-corrected chi connectivity index (χ1v) is 7.80. The van der Waals surface area contributed by atoms with Crippen molar-refractivity contribution in [2.45, 2.75) is 26.6 Å². The molecular formula is C16H13ClF3N3O4. The van der Waals surface area contributed by atoms with Gasteiger partial charge < -0.3 is 9.88 Å². The number of aromatic nitrogens is 1. The van der Waals surface area contributed by atoms with E-state index in [1.54, 1.807) is 13.8 Å². The number of nitro groups is 1. The summed E-state index contributed by atoms with van der Waals surface area (Å²) in [5.41, 5.74) is -1.40. The molecule has 1 N–H and O–H groups in total. The Morgan fingerprint density at radius 1 is 1.26 bits per heavy atom. The monoisotopic (exact) mass is 403 g/mol. The van der Waals surface area contributed by atoms with Crippen LogP contribution in [-0.4, -0.2) is 15.4 Å². The van der Waals surface area contributed by atoms with Crippen LogP contribution in [0.5, 0.6) is 0 Å². The molecule has 2 rings (SSSR count). The highest BCUT2D eigenvalue weighted by Crippen LogP contribution is 2.30. The highest BCUT2D eigenvalue weighted by atomic mass is 35.5. The second kappa shape index (κ2) is 7.39. The van der Waals surface area contributed by atoms with Crippen molar-refractivity contribution >= 4 is 28.9 Å². The summed E-state index contributed by atoms with van der Waals surface area (Å²) in [5, 5.41) is 12.7. The lowest BCUT2D eigenvalue weighted by molar-refractivity contribution is -0.384. The van der Waals surface area contributed by atoms with Gasteiger partial charge in [-0.2, -0.15) is 13.2 Å². The third-order valence-corrected chi connectivity index (χ3v) is 4.04. The van der Waals surface area contributed by atoms with E-state index in [2.05, 4.69) is 5.32 Å². The number of amides is 1. The molecule has 0 unspecified atom stereocenters. The molecule has 0 saturated carbocycles. The fourth-order valence-corrected chi connectivity index (χ4v) is 2.49. The summed E-state index contributed by atoms with van der Waals surface area (Å²) in [4.78, 5) is 34.5. The Labute approximate surface area is 155 Å². The molecule has 0 saturated heterocycles. The van der Waals surface area contributed by atoms with Crippen LogP contribution in [0.2, 0.25) is 5.02 Å². The van der Waals surface area contributed by atoms with Gasteiger partial charge in [0.05, 0.1) is 10.5 Å². The van der Waals surface area contributed by atoms with Crippen LogP contribution in [0.1, 0.15) is 16.7 Å². The minimum Gasteiger partial charge on any atom is -0.319 e. The Morgan fingerprint density at radius 2 is 1.85 bits per heavy atom. The predicted molar refractivity (Wildman–Crippen MR) is 91.9 cm³/mol. The summed E-state index contributed by atoms with van der Waals surface area (Å²) in [6.07, 6.45) is -4.30. The quantitative estimate of drug-likeness (QED) is 0.622. The second-order valence-corrected chi connectivity index (χ2v) is 6.17. The van der Waals surface area contributed by atoms with Gasteiger partial charge >= 0.3 is 6.18 Å². The normalized spacial score (nSPS) is 11.3. The number of pyridine rings is 1. The number of aryl methyl sites for hydroxylation is 2. The fourth-order valence-electron chi connectivity index (χ4n) is 2.27. The Kier molecular flexibility index (Phi) is 5.59. The van der Waals surface area contributed by atoms with Crippen molar-refractivity contribution < 1.29 is 22.9 Å². The molecule has 0 bridgehead atoms. The number of alkyl halides is 3. The SMILES string of the molecule is Cc1cc(NC(=O)Cn2cc(C(F)(F)F)cc(Cl)c2=O)c([N+](=O)[O-])cc1C. The smallest absolute Gasteiger partial charge is 0.319 e. The lowest BCUT2D eigenvalue weighted by Gasteiger charge is -2.12. The van der Waals surface area contributed by atoms with Gasteiger partial charge in [0.25, 0.3) is 11.2 Å². The molecule has 0 aliphatic carbocycles. The van der Waals surface area contributed by atoms with Crippen LogP contribution in [-0.2, 0) is 17.5 Å². The summed E-state index contributed by atoms with van der Waals surface area (Å²) in [6.45, 7) is 2.52. The summed E-state index contributed by atoms with van der Waals surface area (Å²) in [6, 6.07) is 3.10. The molecule has 1 aromatic heterocycles. The van der Waals surface area contributed by atoms with Crippen molar-refractivity contribution in [3.05, 3.63) is 66.6 Å². The van der Waals surface area contributed by atoms with Gasteiger partial charge in [-0.25, -0.2) is 0 Å². The number of hydrogen-bond acceptors (Lipinski definition) is 4. The lowest BCUT2D eigenvalue weighted by Crippen LogP contribution is -2.29. The van der Waals surface area contributed by atoms with Gasteiger partial charge in [0.15, 0.2) is 0 Å². The van der Waals surface area contributed by atoms with Crippen molar-refractivity contribution in [2.24, 2.45) is 0 Å². The number of hydrogen-bond donors (Lipinski definition) is 1. The number of carbonyl (C=O) groups is 1. The Bertz CT molecular complexity index is 986. The molecule has 0 aliphatic heterocycles. The van der Waals surface area contributed by atoms with Gasteiger partial charge in [-0.3, -0.25) is 19.7 Å². The van der Waals surface area contributed by atoms with Crippen LogP contribution < -0.4 is 10.9 Å². The number of rotatable bonds is 4. The predicted octanol–water partition coefficient (Wildman–Crippen LogP) is 3.68. The average Bonchev–Trinajstić information content (AvgIpc) is 2.53. The molecule has 11 heteroatoms. The number of nitrogens with one attached hydrogen (secondary N) is 1. The molecule has 1 amide bonds. The van der Waals surface area contributed by atoms with Gasteiger partial charge in [0.2, 0.25) is 5.91 Å². The van der Waals surface area contributed by atoms with E-state index in [0.717, 1.165) is 0 Å². The van der Waals surface area contributed by atoms with Gasteiger partial charge in [-0.15, -0.1) is 0 Å². The minimum atomic E-state index is -4.76. The maximum absolute atomic E-state index is 12.8. The fraction of sp³-hybridized carbons (Fsp3) is 0.250. The van der Waals surface area contributed by atoms with Gasteiger partial charge in [-0.05, 0) is 37.1 Å². The van der Waals surface area contributed by atoms with Crippen LogP contribution in [0, 0.1) is 24.0 Å². The van der Waals surface area contributed by atoms with Crippen molar-refractivity contribution in [1.29, 1.82) is 0 Å². The zero-order valence-electron chi connectivity index (χ0n) is 14.1. The molecule has 144 valence electrons. The van der Waals surface area contributed by atoms with Crippen LogP contribution in [0.25, 0.3) is 0 Å². The molecular weight excluding hydrogens is 391 g/mol. The van der Waals surface area contributed by atoms with E-state index >= 15 is 0 Å². The zero-order valence-corrected chi connectivity index (χ0v) is 14.8. The van der Waals surface area contributed by atoms with E-state index in [0.29, 0.717) is 28.0 Å². The van der Waals surface area contributed by atoms with Gasteiger partial charge in [0, 0.05) is 12.3 Å². The number of nitrogens with zero attached hydrogens (tertiary/aromatic N) is 2. The summed E-state index contributed by atoms with van der Waals surface area (Å²) in [7, 11) is 0. The van der Waals surface area contributed by atoms with Crippen LogP contribution >= 0.6 is 11.6 Å². The number of carbonyl (C=O) groups excluding carboxylic acids is 1.